The lowest BCUT2D eigenvalue weighted by molar-refractivity contribution is 0.0651. The average molecular weight is 1780 g/mol. The van der Waals surface area contributed by atoms with Gasteiger partial charge in [-0.3, -0.25) is 46.0 Å². The summed E-state index contributed by atoms with van der Waals surface area (Å²) in [5, 5.41) is 9.18. The summed E-state index contributed by atoms with van der Waals surface area (Å²) in [6, 6.07) is 50.2. The van der Waals surface area contributed by atoms with E-state index in [4.69, 9.17) is 22.1 Å². The van der Waals surface area contributed by atoms with Crippen molar-refractivity contribution in [2.75, 3.05) is 66.5 Å². The van der Waals surface area contributed by atoms with Crippen LogP contribution in [0.2, 0.25) is 0 Å². The Morgan fingerprint density at radius 1 is 0.391 bits per heavy atom. The number of aryl methyl sites for hydroxylation is 5. The van der Waals surface area contributed by atoms with Crippen molar-refractivity contribution in [3.63, 3.8) is 0 Å². The van der Waals surface area contributed by atoms with Gasteiger partial charge in [-0.2, -0.15) is 0 Å². The summed E-state index contributed by atoms with van der Waals surface area (Å²) < 4.78 is 37.0. The highest BCUT2D eigenvalue weighted by atomic mass is 16.4. The highest BCUT2D eigenvalue weighted by molar-refractivity contribution is 5.98. The van der Waals surface area contributed by atoms with Gasteiger partial charge in [0.1, 0.15) is 84.3 Å². The topological polar surface area (TPSA) is 351 Å². The third-order valence-corrected chi connectivity index (χ3v) is 24.6. The number of piperazine rings is 1. The van der Waals surface area contributed by atoms with E-state index >= 15 is 0 Å². The number of amides is 5. The molecule has 4 fully saturated rings. The third-order valence-electron chi connectivity index (χ3n) is 24.6. The molecule has 3 saturated heterocycles. The van der Waals surface area contributed by atoms with Gasteiger partial charge in [0.05, 0.1) is 31.0 Å². The Labute approximate surface area is 761 Å². The first kappa shape index (κ1) is 85.3. The van der Waals surface area contributed by atoms with Gasteiger partial charge in [-0.05, 0) is 249 Å². The number of rotatable bonds is 13. The third kappa shape index (κ3) is 17.7. The van der Waals surface area contributed by atoms with Gasteiger partial charge in [-0.15, -0.1) is 0 Å². The molecule has 5 amide bonds. The van der Waals surface area contributed by atoms with Crippen molar-refractivity contribution in [3.05, 3.63) is 272 Å². The number of benzene rings is 5. The van der Waals surface area contributed by atoms with Crippen LogP contribution in [0.15, 0.2) is 236 Å². The molecule has 1 aliphatic carbocycles. The minimum atomic E-state index is -0.135. The van der Waals surface area contributed by atoms with Crippen LogP contribution in [0, 0.1) is 34.6 Å². The van der Waals surface area contributed by atoms with E-state index in [1.165, 1.54) is 0 Å². The summed E-state index contributed by atoms with van der Waals surface area (Å²) in [7, 11) is 4.03. The van der Waals surface area contributed by atoms with Crippen LogP contribution in [-0.2, 0) is 0 Å². The largest absolute Gasteiger partial charge is 0.441 e. The lowest BCUT2D eigenvalue weighted by atomic mass is 10.0. The first-order valence-electron chi connectivity index (χ1n) is 44.7. The standard InChI is InChI=1S/C23H25N5O2.C21H21N5O2.C20H18N4O2.C19H16N4O2.C18H16N4O2/c1-15-25-19-12-16(4-6-21(19)30-15)17-5-7-22-24-13-20(28(22)14-17)23(29)27(3)18-8-10-26(2)11-9-18;1-13-11-25(8-7-22-13)21(27)18-10-23-20-6-4-16(12-26(18)20)15-3-5-19-17(9-15)24-14(2)28-19;1-13-22-16-10-14(4-6-18(16)26-13)15-5-7-19-21-11-17(24(19)12-15)20(25)23-8-2-3-9-23;1-11-21-15-8-12(2-6-17(15)25-11)13-3-7-18-20-9-16(23(18)10-13)19(24)22-14-4-5-14;1-3-19-18(23)15-9-20-17-7-5-13(10-22(15)17)12-4-6-16-14(8-12)21-11(2)24-16/h4-7,12-14,18H,8-11H2,1-3H3;3-6,9-10,12-13,22H,7-8,11H2,1-2H3;4-7,10-12H,2-3,8-9H2,1H3;2-3,6-10,14H,4-5H2,1H3,(H,22,24);4-10H,3H2,1-2H3,(H,19,23). The fraction of sp³-hybridized carbons (Fsp3) is 0.257. The Morgan fingerprint density at radius 2 is 0.707 bits per heavy atom. The van der Waals surface area contributed by atoms with Crippen LogP contribution in [0.4, 0.5) is 0 Å². The Kier molecular flexibility index (Phi) is 23.0. The van der Waals surface area contributed by atoms with E-state index in [0.29, 0.717) is 89.6 Å². The van der Waals surface area contributed by atoms with Crippen LogP contribution in [0.25, 0.3) is 139 Å². The SMILES string of the molecule is CCNC(=O)c1cnc2ccc(-c3ccc4oc(C)nc4c3)cn12.Cc1nc2cc(-c3ccc4ncc(C(=O)N(C)C5CCN(C)CC5)n4c3)ccc2o1.Cc1nc2cc(-c3ccc4ncc(C(=O)N5CCCC5)n4c3)ccc2o1.Cc1nc2cc(-c3ccc4ncc(C(=O)N5CCNC(C)C5)n4c3)ccc2o1.Cc1nc2cc(-c3ccc4ncc(C(=O)NC5CC5)n4c3)ccc2o1. The predicted octanol–water partition coefficient (Wildman–Crippen LogP) is 16.7. The molecule has 0 radical (unpaired) electrons. The fourth-order valence-electron chi connectivity index (χ4n) is 17.5. The van der Waals surface area contributed by atoms with Gasteiger partial charge in [0, 0.05) is 130 Å². The Hall–Kier alpha value is -15.8. The summed E-state index contributed by atoms with van der Waals surface area (Å²) in [4.78, 5) is 116. The lowest BCUT2D eigenvalue weighted by Crippen LogP contribution is -2.51. The molecule has 1 unspecified atom stereocenters. The van der Waals surface area contributed by atoms with Gasteiger partial charge < -0.3 is 57.6 Å². The minimum Gasteiger partial charge on any atom is -0.441 e. The molecule has 1 saturated carbocycles. The number of hydrogen-bond acceptors (Lipinski definition) is 22. The molecule has 3 N–H and O–H groups in total. The first-order valence-corrected chi connectivity index (χ1v) is 44.7. The molecule has 32 heteroatoms. The minimum absolute atomic E-state index is 0.0109. The normalized spacial score (nSPS) is 14.8. The van der Waals surface area contributed by atoms with E-state index in [2.05, 4.69) is 84.7 Å². The molecule has 24 rings (SSSR count). The van der Waals surface area contributed by atoms with Gasteiger partial charge in [0.2, 0.25) is 0 Å². The number of likely N-dealkylation sites (tertiary alicyclic amines) is 2. The van der Waals surface area contributed by atoms with E-state index in [9.17, 15) is 24.0 Å². The number of imidazole rings is 5. The van der Waals surface area contributed by atoms with Crippen molar-refractivity contribution in [2.24, 2.45) is 0 Å². The number of carbonyl (C=O) groups excluding carboxylic acids is 5. The van der Waals surface area contributed by atoms with Crippen LogP contribution in [0.3, 0.4) is 0 Å². The highest BCUT2D eigenvalue weighted by Crippen LogP contribution is 2.34. The smallest absolute Gasteiger partial charge is 0.272 e. The molecule has 0 bridgehead atoms. The number of carbonyl (C=O) groups is 5. The van der Waals surface area contributed by atoms with Crippen LogP contribution in [-0.4, -0.2) is 206 Å². The van der Waals surface area contributed by atoms with Gasteiger partial charge in [-0.25, -0.2) is 49.8 Å². The number of nitrogens with one attached hydrogen (secondary N) is 3. The highest BCUT2D eigenvalue weighted by Gasteiger charge is 2.31. The van der Waals surface area contributed by atoms with Crippen molar-refractivity contribution in [3.8, 4) is 55.6 Å². The average Bonchev–Trinajstić information content (AvgIpc) is 1.66. The number of hydrogen-bond donors (Lipinski definition) is 3. The number of oxazole rings is 5. The molecular formula is C101H96N22O10. The maximum atomic E-state index is 13.3. The summed E-state index contributed by atoms with van der Waals surface area (Å²) in [5.74, 6) is 3.11. The molecule has 1 atom stereocenters. The number of nitrogens with zero attached hydrogens (tertiary/aromatic N) is 19. The molecule has 670 valence electrons. The quantitative estimate of drug-likeness (QED) is 0.0965. The molecular weight excluding hydrogens is 1680 g/mol. The second kappa shape index (κ2) is 35.9. The number of piperidine rings is 1. The summed E-state index contributed by atoms with van der Waals surface area (Å²) in [6.45, 7) is 19.7. The second-order valence-electron chi connectivity index (χ2n) is 34.2. The monoisotopic (exact) mass is 1780 g/mol. The van der Waals surface area contributed by atoms with Gasteiger partial charge in [-0.1, -0.05) is 30.3 Å². The van der Waals surface area contributed by atoms with Crippen LogP contribution < -0.4 is 16.0 Å². The molecule has 18 heterocycles. The molecule has 20 aromatic rings. The summed E-state index contributed by atoms with van der Waals surface area (Å²) in [5.41, 5.74) is 24.7. The Morgan fingerprint density at radius 3 is 1.05 bits per heavy atom. The van der Waals surface area contributed by atoms with Crippen molar-refractivity contribution >= 4 is 113 Å². The lowest BCUT2D eigenvalue weighted by Gasteiger charge is -2.35. The van der Waals surface area contributed by atoms with Crippen LogP contribution >= 0.6 is 0 Å². The van der Waals surface area contributed by atoms with Crippen molar-refractivity contribution in [2.45, 2.75) is 105 Å². The van der Waals surface area contributed by atoms with E-state index in [1.54, 1.807) is 35.4 Å². The predicted molar refractivity (Wildman–Crippen MR) is 504 cm³/mol. The number of aromatic nitrogens is 15. The summed E-state index contributed by atoms with van der Waals surface area (Å²) >= 11 is 0. The van der Waals surface area contributed by atoms with Crippen molar-refractivity contribution in [1.82, 2.24) is 107 Å². The number of fused-ring (bicyclic) bond motifs is 10. The number of pyridine rings is 5. The Balaban J connectivity index is 0.000000104. The van der Waals surface area contributed by atoms with Crippen molar-refractivity contribution < 1.29 is 46.1 Å². The zero-order valence-electron chi connectivity index (χ0n) is 74.9. The van der Waals surface area contributed by atoms with E-state index < -0.39 is 0 Å². The van der Waals surface area contributed by atoms with E-state index in [0.717, 1.165) is 211 Å². The molecule has 5 aromatic carbocycles. The summed E-state index contributed by atoms with van der Waals surface area (Å²) in [6.07, 6.45) is 24.3. The maximum absolute atomic E-state index is 13.3. The molecule has 133 heavy (non-hydrogen) atoms. The van der Waals surface area contributed by atoms with Crippen molar-refractivity contribution in [1.29, 1.82) is 0 Å². The fourth-order valence-corrected chi connectivity index (χ4v) is 17.5. The Bertz CT molecular complexity index is 7870. The van der Waals surface area contributed by atoms with E-state index in [-0.39, 0.29) is 35.6 Å². The molecule has 15 aromatic heterocycles. The molecule has 32 nitrogen and oxygen atoms in total. The van der Waals surface area contributed by atoms with Crippen LogP contribution in [0.1, 0.15) is 134 Å². The van der Waals surface area contributed by atoms with E-state index in [1.807, 2.05) is 264 Å². The van der Waals surface area contributed by atoms with Gasteiger partial charge >= 0.3 is 0 Å². The zero-order valence-corrected chi connectivity index (χ0v) is 74.9. The van der Waals surface area contributed by atoms with Gasteiger partial charge in [0.25, 0.3) is 29.5 Å². The van der Waals surface area contributed by atoms with Gasteiger partial charge in [0.15, 0.2) is 57.4 Å². The first-order chi connectivity index (χ1) is 64.6. The molecule has 0 spiro atoms. The molecule has 4 aliphatic rings. The molecule has 3 aliphatic heterocycles. The van der Waals surface area contributed by atoms with Crippen LogP contribution in [0.5, 0.6) is 0 Å². The second-order valence-corrected chi connectivity index (χ2v) is 34.2. The maximum Gasteiger partial charge on any atom is 0.272 e. The zero-order chi connectivity index (χ0) is 91.4.